The third kappa shape index (κ3) is 9.05. The first-order valence-electron chi connectivity index (χ1n) is 22.5. The molecule has 17 nitrogen and oxygen atoms in total. The van der Waals surface area contributed by atoms with Gasteiger partial charge < -0.3 is 25.7 Å². The quantitative estimate of drug-likeness (QED) is 0.0545. The molecule has 5 aromatic rings. The Morgan fingerprint density at radius 1 is 0.956 bits per heavy atom. The number of piperazine rings is 1. The van der Waals surface area contributed by atoms with Crippen LogP contribution in [0.3, 0.4) is 0 Å². The number of aryl methyl sites for hydroxylation is 2. The third-order valence-corrected chi connectivity index (χ3v) is 12.7. The molecule has 354 valence electrons. The minimum atomic E-state index is -1.06. The summed E-state index contributed by atoms with van der Waals surface area (Å²) in [6, 6.07) is 11.9. The van der Waals surface area contributed by atoms with E-state index in [0.29, 0.717) is 67.9 Å². The molecule has 2 unspecified atom stereocenters. The summed E-state index contributed by atoms with van der Waals surface area (Å²) >= 11 is 0. The molecule has 2 aromatic heterocycles. The maximum atomic E-state index is 16.2. The zero-order valence-electron chi connectivity index (χ0n) is 37.8. The summed E-state index contributed by atoms with van der Waals surface area (Å²) < 4.78 is 32.6. The molecule has 3 aromatic carbocycles. The molecule has 5 N–H and O–H groups in total. The highest BCUT2D eigenvalue weighted by atomic mass is 19.1. The molecule has 3 aliphatic rings. The molecular formula is C49H51F2N9O8. The third-order valence-electron chi connectivity index (χ3n) is 12.7. The van der Waals surface area contributed by atoms with Gasteiger partial charge in [0, 0.05) is 57.3 Å². The van der Waals surface area contributed by atoms with Crippen LogP contribution in [0.5, 0.6) is 5.75 Å². The first kappa shape index (κ1) is 47.1. The average Bonchev–Trinajstić information content (AvgIpc) is 3.55. The highest BCUT2D eigenvalue weighted by Gasteiger charge is 2.45. The van der Waals surface area contributed by atoms with Crippen LogP contribution in [0.4, 0.5) is 20.3 Å². The number of aliphatic hydroxyl groups is 1. The summed E-state index contributed by atoms with van der Waals surface area (Å²) in [5, 5.41) is 29.6. The van der Waals surface area contributed by atoms with Gasteiger partial charge in [0.05, 0.1) is 27.8 Å². The number of imide groups is 2. The van der Waals surface area contributed by atoms with E-state index in [-0.39, 0.29) is 65.7 Å². The molecule has 0 saturated carbocycles. The Kier molecular flexibility index (Phi) is 13.5. The summed E-state index contributed by atoms with van der Waals surface area (Å²) in [6.07, 6.45) is 2.77. The van der Waals surface area contributed by atoms with E-state index in [1.807, 2.05) is 28.9 Å². The lowest BCUT2D eigenvalue weighted by Crippen LogP contribution is -2.55. The van der Waals surface area contributed by atoms with E-state index >= 15 is 8.78 Å². The maximum absolute atomic E-state index is 16.2. The van der Waals surface area contributed by atoms with Crippen molar-refractivity contribution in [2.45, 2.75) is 84.2 Å². The molecule has 0 bridgehead atoms. The normalized spacial score (nSPS) is 17.9. The number of carbonyl (C=O) groups excluding carboxylic acids is 5. The van der Waals surface area contributed by atoms with Gasteiger partial charge in [-0.15, -0.1) is 0 Å². The fraction of sp³-hybridized carbons (Fsp3) is 0.347. The zero-order chi connectivity index (χ0) is 48.6. The molecule has 5 amide bonds. The largest absolute Gasteiger partial charge is 0.507 e. The molecule has 2 saturated heterocycles. The standard InChI is InChI=1S/C49H51F2N9O8/c1-5-39(64)57-19-20-58(28(4)25-57)44-31-23-33(51)42(41-32(50)12-10-14-36(41)61)55-45(31)60(49(68)56-44)43-26(2)21-29(22-27(43)3)24-53-37(62)15-7-6-8-18-52-34-13-9-11-30-40(34)48(67)59(47(30)66)35-16-17-38(63)54-46(35)65/h5,9-14,21-23,28,35,39,52,61,64H,1,6-8,15-20,24-25H2,2-4H3,(H,53,62)(H,54,63,65)/t28-,35?,39?/m0/s1. The highest BCUT2D eigenvalue weighted by molar-refractivity contribution is 6.25. The number of aromatic hydroxyl groups is 1. The van der Waals surface area contributed by atoms with Crippen LogP contribution in [0, 0.1) is 25.5 Å². The number of hydrogen-bond donors (Lipinski definition) is 5. The summed E-state index contributed by atoms with van der Waals surface area (Å²) in [6.45, 7) is 10.8. The van der Waals surface area contributed by atoms with Gasteiger partial charge in [0.15, 0.2) is 11.5 Å². The number of halogens is 2. The van der Waals surface area contributed by atoms with Crippen LogP contribution in [-0.4, -0.2) is 109 Å². The van der Waals surface area contributed by atoms with Crippen molar-refractivity contribution in [3.05, 3.63) is 117 Å². The lowest BCUT2D eigenvalue weighted by Gasteiger charge is -2.42. The van der Waals surface area contributed by atoms with Crippen molar-refractivity contribution < 1.29 is 43.0 Å². The fourth-order valence-electron chi connectivity index (χ4n) is 9.40. The Labute approximate surface area is 389 Å². The first-order valence-corrected chi connectivity index (χ1v) is 22.5. The topological polar surface area (TPSA) is 219 Å². The second-order valence-corrected chi connectivity index (χ2v) is 17.3. The van der Waals surface area contributed by atoms with E-state index in [1.54, 1.807) is 26.0 Å². The predicted octanol–water partition coefficient (Wildman–Crippen LogP) is 4.75. The van der Waals surface area contributed by atoms with E-state index in [0.717, 1.165) is 22.6 Å². The number of phenolic OH excluding ortho intramolecular Hbond substituents is 1. The Morgan fingerprint density at radius 3 is 2.41 bits per heavy atom. The molecule has 3 atom stereocenters. The van der Waals surface area contributed by atoms with Gasteiger partial charge in [0.25, 0.3) is 11.8 Å². The van der Waals surface area contributed by atoms with Crippen molar-refractivity contribution in [2.24, 2.45) is 0 Å². The van der Waals surface area contributed by atoms with E-state index < -0.39 is 70.2 Å². The number of carbonyl (C=O) groups is 5. The minimum Gasteiger partial charge on any atom is -0.507 e. The van der Waals surface area contributed by atoms with E-state index in [1.165, 1.54) is 28.8 Å². The second-order valence-electron chi connectivity index (χ2n) is 17.3. The number of pyridine rings is 1. The number of amides is 5. The summed E-state index contributed by atoms with van der Waals surface area (Å²) in [5.41, 5.74) is 1.48. The second kappa shape index (κ2) is 19.5. The molecule has 0 radical (unpaired) electrons. The number of aromatic nitrogens is 3. The van der Waals surface area contributed by atoms with Crippen LogP contribution in [-0.2, 0) is 20.9 Å². The molecule has 8 rings (SSSR count). The van der Waals surface area contributed by atoms with Gasteiger partial charge >= 0.3 is 5.69 Å². The molecule has 19 heteroatoms. The number of aliphatic hydroxyl groups excluding tert-OH is 1. The monoisotopic (exact) mass is 931 g/mol. The molecule has 3 aliphatic heterocycles. The van der Waals surface area contributed by atoms with Crippen LogP contribution in [0.1, 0.15) is 82.9 Å². The Hall–Kier alpha value is -7.38. The van der Waals surface area contributed by atoms with Crippen molar-refractivity contribution in [3.8, 4) is 22.7 Å². The van der Waals surface area contributed by atoms with Crippen molar-refractivity contribution in [1.29, 1.82) is 0 Å². The number of nitrogens with one attached hydrogen (secondary N) is 3. The first-order chi connectivity index (χ1) is 32.6. The Balaban J connectivity index is 0.938. The zero-order valence-corrected chi connectivity index (χ0v) is 37.8. The van der Waals surface area contributed by atoms with Gasteiger partial charge in [-0.25, -0.2) is 23.1 Å². The van der Waals surface area contributed by atoms with Crippen LogP contribution >= 0.6 is 0 Å². The lowest BCUT2D eigenvalue weighted by molar-refractivity contribution is -0.136. The number of nitrogens with zero attached hydrogens (tertiary/aromatic N) is 6. The summed E-state index contributed by atoms with van der Waals surface area (Å²) in [5.74, 6) is -4.71. The number of fused-ring (bicyclic) bond motifs is 2. The van der Waals surface area contributed by atoms with Gasteiger partial charge in [-0.1, -0.05) is 37.3 Å². The number of phenols is 1. The smallest absolute Gasteiger partial charge is 0.355 e. The molecule has 0 spiro atoms. The number of unbranched alkanes of at least 4 members (excludes halogenated alkanes) is 2. The van der Waals surface area contributed by atoms with Crippen molar-refractivity contribution in [2.75, 3.05) is 36.4 Å². The SMILES string of the molecule is C=CC(O)N1CCN(c2nc(=O)n(-c3c(C)cc(CNC(=O)CCCCCNc4cccc5c4C(=O)N(C4CCC(=O)NC4=O)C5=O)cc3C)c3nc(-c4c(O)cccc4F)c(F)cc23)[C@@H](C)C1. The number of piperidine rings is 1. The number of anilines is 2. The molecule has 5 heterocycles. The number of rotatable bonds is 15. The van der Waals surface area contributed by atoms with Gasteiger partial charge in [-0.3, -0.25) is 39.1 Å². The van der Waals surface area contributed by atoms with Crippen molar-refractivity contribution in [3.63, 3.8) is 0 Å². The van der Waals surface area contributed by atoms with Crippen LogP contribution in [0.25, 0.3) is 28.0 Å². The Morgan fingerprint density at radius 2 is 1.71 bits per heavy atom. The maximum Gasteiger partial charge on any atom is 0.355 e. The molecule has 0 aliphatic carbocycles. The van der Waals surface area contributed by atoms with Crippen molar-refractivity contribution in [1.82, 2.24) is 35.0 Å². The van der Waals surface area contributed by atoms with Crippen LogP contribution in [0.15, 0.2) is 72.0 Å². The van der Waals surface area contributed by atoms with E-state index in [2.05, 4.69) is 32.5 Å². The lowest BCUT2D eigenvalue weighted by atomic mass is 10.0. The molecular weight excluding hydrogens is 881 g/mol. The molecule has 68 heavy (non-hydrogen) atoms. The fourth-order valence-corrected chi connectivity index (χ4v) is 9.40. The number of hydrogen-bond acceptors (Lipinski definition) is 13. The minimum absolute atomic E-state index is 0.0186. The van der Waals surface area contributed by atoms with Crippen LogP contribution in [0.2, 0.25) is 0 Å². The van der Waals surface area contributed by atoms with Crippen molar-refractivity contribution >= 4 is 52.1 Å². The number of benzene rings is 3. The van der Waals surface area contributed by atoms with E-state index in [9.17, 15) is 39.0 Å². The van der Waals surface area contributed by atoms with Crippen LogP contribution < -0.4 is 26.5 Å². The Bertz CT molecular complexity index is 2920. The summed E-state index contributed by atoms with van der Waals surface area (Å²) in [7, 11) is 0. The average molecular weight is 932 g/mol. The van der Waals surface area contributed by atoms with Gasteiger partial charge in [-0.05, 0) is 93.1 Å². The predicted molar refractivity (Wildman–Crippen MR) is 248 cm³/mol. The van der Waals surface area contributed by atoms with E-state index in [4.69, 9.17) is 0 Å². The highest BCUT2D eigenvalue weighted by Crippen LogP contribution is 2.37. The van der Waals surface area contributed by atoms with Gasteiger partial charge in [0.2, 0.25) is 17.7 Å². The van der Waals surface area contributed by atoms with Gasteiger partial charge in [-0.2, -0.15) is 4.98 Å². The summed E-state index contributed by atoms with van der Waals surface area (Å²) in [4.78, 5) is 91.5. The molecule has 2 fully saturated rings. The van der Waals surface area contributed by atoms with Gasteiger partial charge in [0.1, 0.15) is 35.3 Å².